The fourth-order valence-electron chi connectivity index (χ4n) is 3.80. The Morgan fingerprint density at radius 2 is 1.70 bits per heavy atom. The fourth-order valence-corrected chi connectivity index (χ4v) is 5.72. The maximum absolute atomic E-state index is 13.4. The predicted octanol–water partition coefficient (Wildman–Crippen LogP) is 5.35. The highest BCUT2D eigenvalue weighted by atomic mass is 35.5. The van der Waals surface area contributed by atoms with Crippen LogP contribution < -0.4 is 9.62 Å². The number of carbonyl (C=O) groups excluding carboxylic acids is 1. The van der Waals surface area contributed by atoms with Gasteiger partial charge in [-0.25, -0.2) is 8.42 Å². The molecule has 0 heterocycles. The first kappa shape index (κ1) is 25.8. The number of halogens is 2. The third-order valence-corrected chi connectivity index (χ3v) is 7.81. The van der Waals surface area contributed by atoms with Crippen LogP contribution in [0.1, 0.15) is 44.1 Å². The van der Waals surface area contributed by atoms with E-state index < -0.39 is 22.5 Å². The molecule has 9 heteroatoms. The molecule has 1 fully saturated rings. The lowest BCUT2D eigenvalue weighted by atomic mass is 9.98. The summed E-state index contributed by atoms with van der Waals surface area (Å²) in [5, 5.41) is 3.35. The molecule has 0 radical (unpaired) electrons. The fraction of sp³-hybridized carbons (Fsp3) is 0.458. The molecule has 2 aromatic rings. The van der Waals surface area contributed by atoms with Crippen molar-refractivity contribution in [3.05, 3.63) is 58.1 Å². The molecule has 0 aliphatic heterocycles. The summed E-state index contributed by atoms with van der Waals surface area (Å²) in [6.45, 7) is 2.45. The minimum Gasteiger partial charge on any atom is -0.378 e. The Kier molecular flexibility index (Phi) is 9.44. The molecule has 6 nitrogen and oxygen atoms in total. The van der Waals surface area contributed by atoms with Crippen molar-refractivity contribution in [1.29, 1.82) is 0 Å². The number of aryl methyl sites for hydroxylation is 1. The van der Waals surface area contributed by atoms with Crippen LogP contribution in [0.5, 0.6) is 0 Å². The van der Waals surface area contributed by atoms with Crippen LogP contribution in [-0.2, 0) is 19.6 Å². The molecule has 0 bridgehead atoms. The van der Waals surface area contributed by atoms with Crippen molar-refractivity contribution in [2.75, 3.05) is 24.0 Å². The Balaban J connectivity index is 1.66. The average molecular weight is 513 g/mol. The molecule has 0 atom stereocenters. The molecular weight excluding hydrogens is 483 g/mol. The quantitative estimate of drug-likeness (QED) is 0.435. The maximum Gasteiger partial charge on any atom is 0.264 e. The second kappa shape index (κ2) is 12.1. The van der Waals surface area contributed by atoms with Gasteiger partial charge in [0.05, 0.1) is 16.7 Å². The number of carbonyl (C=O) groups is 1. The van der Waals surface area contributed by atoms with Crippen molar-refractivity contribution in [1.82, 2.24) is 5.32 Å². The first-order valence-corrected chi connectivity index (χ1v) is 13.4. The van der Waals surface area contributed by atoms with Gasteiger partial charge in [-0.3, -0.25) is 9.10 Å². The summed E-state index contributed by atoms with van der Waals surface area (Å²) in [5.41, 5.74) is 1.16. The van der Waals surface area contributed by atoms with Crippen molar-refractivity contribution in [2.45, 2.75) is 56.4 Å². The lowest BCUT2D eigenvalue weighted by molar-refractivity contribution is -0.119. The van der Waals surface area contributed by atoms with Crippen LogP contribution in [0, 0.1) is 6.92 Å². The number of nitrogens with one attached hydrogen (secondary N) is 1. The minimum absolute atomic E-state index is 0.0814. The van der Waals surface area contributed by atoms with Gasteiger partial charge in [-0.2, -0.15) is 0 Å². The number of sulfonamides is 1. The van der Waals surface area contributed by atoms with Crippen molar-refractivity contribution < 1.29 is 17.9 Å². The van der Waals surface area contributed by atoms with E-state index in [1.54, 1.807) is 12.1 Å². The summed E-state index contributed by atoms with van der Waals surface area (Å²) in [6.07, 6.45) is 6.87. The minimum atomic E-state index is -4.02. The van der Waals surface area contributed by atoms with E-state index in [1.807, 2.05) is 6.92 Å². The summed E-state index contributed by atoms with van der Waals surface area (Å²) in [4.78, 5) is 12.8. The number of anilines is 1. The van der Waals surface area contributed by atoms with Crippen molar-refractivity contribution in [3.63, 3.8) is 0 Å². The van der Waals surface area contributed by atoms with Crippen LogP contribution in [0.2, 0.25) is 10.0 Å². The van der Waals surface area contributed by atoms with Crippen LogP contribution in [0.3, 0.4) is 0 Å². The zero-order valence-corrected chi connectivity index (χ0v) is 21.1. The normalized spacial score (nSPS) is 14.8. The van der Waals surface area contributed by atoms with Gasteiger partial charge in [0, 0.05) is 23.2 Å². The highest BCUT2D eigenvalue weighted by molar-refractivity contribution is 7.92. The van der Waals surface area contributed by atoms with E-state index in [-0.39, 0.29) is 20.6 Å². The van der Waals surface area contributed by atoms with Crippen LogP contribution in [0.4, 0.5) is 5.69 Å². The standard InChI is InChI=1S/C24H30Cl2N2O4S/c1-18-8-10-23(11-9-18)33(30,31)28(21-15-19(25)14-20(26)16-21)17-24(29)27-12-5-13-32-22-6-3-2-4-7-22/h8-11,14-16,22H,2-7,12-13,17H2,1H3,(H,27,29). The maximum atomic E-state index is 13.4. The Morgan fingerprint density at radius 1 is 1.06 bits per heavy atom. The first-order valence-electron chi connectivity index (χ1n) is 11.2. The Hall–Kier alpha value is -1.80. The second-order valence-electron chi connectivity index (χ2n) is 8.29. The molecule has 180 valence electrons. The van der Waals surface area contributed by atoms with E-state index in [2.05, 4.69) is 5.32 Å². The lowest BCUT2D eigenvalue weighted by Gasteiger charge is -2.25. The first-order chi connectivity index (χ1) is 15.8. The van der Waals surface area contributed by atoms with Crippen molar-refractivity contribution in [2.24, 2.45) is 0 Å². The van der Waals surface area contributed by atoms with E-state index >= 15 is 0 Å². The Morgan fingerprint density at radius 3 is 2.33 bits per heavy atom. The smallest absolute Gasteiger partial charge is 0.264 e. The van der Waals surface area contributed by atoms with Gasteiger partial charge in [0.1, 0.15) is 6.54 Å². The molecule has 33 heavy (non-hydrogen) atoms. The summed E-state index contributed by atoms with van der Waals surface area (Å²) in [7, 11) is -4.02. The summed E-state index contributed by atoms with van der Waals surface area (Å²) in [5.74, 6) is -0.417. The molecule has 3 rings (SSSR count). The number of benzene rings is 2. The molecule has 0 spiro atoms. The van der Waals surface area contributed by atoms with E-state index in [4.69, 9.17) is 27.9 Å². The molecule has 1 aliphatic rings. The average Bonchev–Trinajstić information content (AvgIpc) is 2.77. The van der Waals surface area contributed by atoms with Crippen LogP contribution >= 0.6 is 23.2 Å². The molecule has 2 aromatic carbocycles. The van der Waals surface area contributed by atoms with Crippen LogP contribution in [0.15, 0.2) is 47.4 Å². The largest absolute Gasteiger partial charge is 0.378 e. The second-order valence-corrected chi connectivity index (χ2v) is 11.0. The zero-order chi connectivity index (χ0) is 23.8. The molecule has 0 aromatic heterocycles. The highest BCUT2D eigenvalue weighted by Gasteiger charge is 2.27. The highest BCUT2D eigenvalue weighted by Crippen LogP contribution is 2.29. The number of nitrogens with zero attached hydrogens (tertiary/aromatic N) is 1. The number of hydrogen-bond acceptors (Lipinski definition) is 4. The monoisotopic (exact) mass is 512 g/mol. The van der Waals surface area contributed by atoms with Gasteiger partial charge in [0.2, 0.25) is 5.91 Å². The summed E-state index contributed by atoms with van der Waals surface area (Å²) in [6, 6.07) is 10.9. The molecule has 0 saturated heterocycles. The molecular formula is C24H30Cl2N2O4S. The van der Waals surface area contributed by atoms with E-state index in [0.717, 1.165) is 22.7 Å². The van der Waals surface area contributed by atoms with Crippen molar-refractivity contribution >= 4 is 44.8 Å². The molecule has 0 unspecified atom stereocenters. The van der Waals surface area contributed by atoms with E-state index in [1.165, 1.54) is 49.6 Å². The lowest BCUT2D eigenvalue weighted by Crippen LogP contribution is -2.41. The van der Waals surface area contributed by atoms with Gasteiger partial charge in [-0.1, -0.05) is 60.2 Å². The number of rotatable bonds is 10. The number of amides is 1. The van der Waals surface area contributed by atoms with Gasteiger partial charge < -0.3 is 10.1 Å². The van der Waals surface area contributed by atoms with Crippen LogP contribution in [-0.4, -0.2) is 40.1 Å². The van der Waals surface area contributed by atoms with Crippen molar-refractivity contribution in [3.8, 4) is 0 Å². The third-order valence-electron chi connectivity index (χ3n) is 5.58. The number of hydrogen-bond donors (Lipinski definition) is 1. The zero-order valence-electron chi connectivity index (χ0n) is 18.7. The summed E-state index contributed by atoms with van der Waals surface area (Å²) >= 11 is 12.2. The predicted molar refractivity (Wildman–Crippen MR) is 133 cm³/mol. The molecule has 1 N–H and O–H groups in total. The third kappa shape index (κ3) is 7.60. The van der Waals surface area contributed by atoms with Gasteiger partial charge in [-0.05, 0) is 56.5 Å². The van der Waals surface area contributed by atoms with E-state index in [9.17, 15) is 13.2 Å². The molecule has 1 saturated carbocycles. The number of ether oxygens (including phenoxy) is 1. The van der Waals surface area contributed by atoms with Gasteiger partial charge in [0.25, 0.3) is 10.0 Å². The van der Waals surface area contributed by atoms with Gasteiger partial charge in [0.15, 0.2) is 0 Å². The van der Waals surface area contributed by atoms with E-state index in [0.29, 0.717) is 25.7 Å². The Labute approximate surface area is 206 Å². The molecule has 1 aliphatic carbocycles. The van der Waals surface area contributed by atoms with Crippen LogP contribution in [0.25, 0.3) is 0 Å². The van der Waals surface area contributed by atoms with Gasteiger partial charge >= 0.3 is 0 Å². The Bertz CT molecular complexity index is 1020. The molecule has 1 amide bonds. The summed E-state index contributed by atoms with van der Waals surface area (Å²) < 4.78 is 33.7. The van der Waals surface area contributed by atoms with Gasteiger partial charge in [-0.15, -0.1) is 0 Å². The topological polar surface area (TPSA) is 75.7 Å². The SMILES string of the molecule is Cc1ccc(S(=O)(=O)N(CC(=O)NCCCOC2CCCCC2)c2cc(Cl)cc(Cl)c2)cc1.